The van der Waals surface area contributed by atoms with Crippen LogP contribution in [-0.2, 0) is 0 Å². The number of para-hydroxylation sites is 1. The first-order valence-electron chi connectivity index (χ1n) is 3.48. The largest absolute Gasteiger partial charge is 0.412 e. The molecule has 0 aliphatic carbocycles. The molecule has 0 aliphatic rings. The molecule has 0 atom stereocenters. The van der Waals surface area contributed by atoms with E-state index in [0.29, 0.717) is 0 Å². The van der Waals surface area contributed by atoms with Crippen molar-refractivity contribution in [3.05, 3.63) is 30.3 Å². The second-order valence-corrected chi connectivity index (χ2v) is 3.35. The van der Waals surface area contributed by atoms with Crippen molar-refractivity contribution in [2.45, 2.75) is 0 Å². The normalized spacial score (nSPS) is 10.5. The minimum atomic E-state index is 0. The fourth-order valence-electron chi connectivity index (χ4n) is 0.875. The van der Waals surface area contributed by atoms with E-state index in [-0.39, 0.29) is 5.48 Å². The summed E-state index contributed by atoms with van der Waals surface area (Å²) >= 11 is 0. The molecule has 2 N–H and O–H groups in total. The van der Waals surface area contributed by atoms with E-state index in [1.807, 2.05) is 6.07 Å². The summed E-state index contributed by atoms with van der Waals surface area (Å²) in [5, 5.41) is 0. The van der Waals surface area contributed by atoms with Gasteiger partial charge in [-0.3, -0.25) is 4.48 Å². The molecule has 0 saturated carbocycles. The molecule has 1 aromatic carbocycles. The molecule has 0 aliphatic heterocycles. The molecule has 0 amide bonds. The number of nitrogens with zero attached hydrogens (tertiary/aromatic N) is 1. The molecular weight excluding hydrogens is 138 g/mol. The zero-order valence-electron chi connectivity index (χ0n) is 7.33. The fourth-order valence-corrected chi connectivity index (χ4v) is 0.875. The van der Waals surface area contributed by atoms with E-state index in [0.717, 1.165) is 4.48 Å². The van der Waals surface area contributed by atoms with Crippen LogP contribution in [0.5, 0.6) is 0 Å². The lowest BCUT2D eigenvalue weighted by molar-refractivity contribution is 0.486. The molecule has 0 bridgehead atoms. The lowest BCUT2D eigenvalue weighted by Crippen LogP contribution is -2.34. The van der Waals surface area contributed by atoms with E-state index in [1.165, 1.54) is 5.69 Å². The second-order valence-electron chi connectivity index (χ2n) is 3.35. The van der Waals surface area contributed by atoms with Crippen LogP contribution in [0.1, 0.15) is 0 Å². The highest BCUT2D eigenvalue weighted by molar-refractivity contribution is 5.40. The molecule has 11 heavy (non-hydrogen) atoms. The van der Waals surface area contributed by atoms with Gasteiger partial charge in [0.1, 0.15) is 5.69 Å². The summed E-state index contributed by atoms with van der Waals surface area (Å²) in [5.74, 6) is 0. The monoisotopic (exact) mass is 154 g/mol. The topological polar surface area (TPSA) is 31.5 Å². The summed E-state index contributed by atoms with van der Waals surface area (Å²) in [6.07, 6.45) is 0. The van der Waals surface area contributed by atoms with Crippen molar-refractivity contribution in [1.82, 2.24) is 4.48 Å². The summed E-state index contributed by atoms with van der Waals surface area (Å²) in [7, 11) is 6.49. The maximum atomic E-state index is 2.16. The Hall–Kier alpha value is -0.860. The third-order valence-electron chi connectivity index (χ3n) is 1.53. The summed E-state index contributed by atoms with van der Waals surface area (Å²) in [5.41, 5.74) is 1.34. The van der Waals surface area contributed by atoms with Crippen molar-refractivity contribution in [1.29, 1.82) is 0 Å². The lowest BCUT2D eigenvalue weighted by atomic mass is 10.3. The van der Waals surface area contributed by atoms with Crippen LogP contribution in [0.25, 0.3) is 0 Å². The van der Waals surface area contributed by atoms with Gasteiger partial charge in [0.2, 0.25) is 0 Å². The Morgan fingerprint density at radius 3 is 1.64 bits per heavy atom. The molecule has 1 aromatic rings. The average molecular weight is 154 g/mol. The molecule has 2 heteroatoms. The Balaban J connectivity index is 0.000001000. The third-order valence-corrected chi connectivity index (χ3v) is 1.53. The van der Waals surface area contributed by atoms with Crippen LogP contribution in [0.15, 0.2) is 30.3 Å². The maximum absolute atomic E-state index is 2.16. The Kier molecular flexibility index (Phi) is 3.23. The molecule has 62 valence electrons. The van der Waals surface area contributed by atoms with E-state index < -0.39 is 0 Å². The van der Waals surface area contributed by atoms with Crippen LogP contribution in [0.4, 0.5) is 5.69 Å². The molecule has 0 radical (unpaired) electrons. The first-order valence-corrected chi connectivity index (χ1v) is 3.48. The molecule has 2 nitrogen and oxygen atoms in total. The van der Waals surface area contributed by atoms with Gasteiger partial charge in [0.15, 0.2) is 0 Å². The van der Waals surface area contributed by atoms with Crippen molar-refractivity contribution >= 4 is 5.69 Å². The number of hydrogen-bond acceptors (Lipinski definition) is 0. The highest BCUT2D eigenvalue weighted by atomic mass is 16.0. The van der Waals surface area contributed by atoms with E-state index in [1.54, 1.807) is 0 Å². The predicted octanol–water partition coefficient (Wildman–Crippen LogP) is 1.06. The van der Waals surface area contributed by atoms with Gasteiger partial charge in [0.05, 0.1) is 21.1 Å². The van der Waals surface area contributed by atoms with Gasteiger partial charge in [0, 0.05) is 0 Å². The van der Waals surface area contributed by atoms with Gasteiger partial charge >= 0.3 is 0 Å². The molecule has 0 fully saturated rings. The summed E-state index contributed by atoms with van der Waals surface area (Å²) < 4.78 is 0.890. The van der Waals surface area contributed by atoms with Gasteiger partial charge in [-0.2, -0.15) is 0 Å². The van der Waals surface area contributed by atoms with Crippen molar-refractivity contribution in [2.24, 2.45) is 0 Å². The van der Waals surface area contributed by atoms with Gasteiger partial charge in [-0.15, -0.1) is 0 Å². The Morgan fingerprint density at radius 2 is 1.36 bits per heavy atom. The van der Waals surface area contributed by atoms with E-state index >= 15 is 0 Å². The van der Waals surface area contributed by atoms with Crippen molar-refractivity contribution in [2.75, 3.05) is 21.1 Å². The maximum Gasteiger partial charge on any atom is 0.132 e. The molecule has 0 saturated heterocycles. The number of benzene rings is 1. The first kappa shape index (κ1) is 10.1. The average Bonchev–Trinajstić information content (AvgIpc) is 1.88. The van der Waals surface area contributed by atoms with Crippen molar-refractivity contribution < 1.29 is 5.48 Å². The second kappa shape index (κ2) is 3.51. The minimum Gasteiger partial charge on any atom is -0.412 e. The van der Waals surface area contributed by atoms with Crippen LogP contribution >= 0.6 is 0 Å². The van der Waals surface area contributed by atoms with Crippen molar-refractivity contribution in [3.8, 4) is 0 Å². The molecular formula is C9H16NO+. The first-order chi connectivity index (χ1) is 4.61. The molecule has 0 aromatic heterocycles. The predicted molar refractivity (Wildman–Crippen MR) is 49.6 cm³/mol. The van der Waals surface area contributed by atoms with Crippen molar-refractivity contribution in [3.63, 3.8) is 0 Å². The fraction of sp³-hybridized carbons (Fsp3) is 0.333. The van der Waals surface area contributed by atoms with E-state index in [2.05, 4.69) is 45.4 Å². The Bertz CT molecular complexity index is 201. The van der Waals surface area contributed by atoms with Crippen LogP contribution in [-0.4, -0.2) is 26.6 Å². The zero-order chi connectivity index (χ0) is 7.61. The van der Waals surface area contributed by atoms with Crippen LogP contribution in [0.2, 0.25) is 0 Å². The SMILES string of the molecule is C[N+](C)(C)c1ccccc1.O. The Morgan fingerprint density at radius 1 is 0.909 bits per heavy atom. The summed E-state index contributed by atoms with van der Waals surface area (Å²) in [6, 6.07) is 10.5. The Labute approximate surface area is 68.0 Å². The van der Waals surface area contributed by atoms with Crippen LogP contribution in [0.3, 0.4) is 0 Å². The van der Waals surface area contributed by atoms with E-state index in [9.17, 15) is 0 Å². The number of rotatable bonds is 1. The molecule has 1 rings (SSSR count). The molecule has 0 unspecified atom stereocenters. The number of hydrogen-bond donors (Lipinski definition) is 0. The van der Waals surface area contributed by atoms with Crippen LogP contribution in [0, 0.1) is 0 Å². The van der Waals surface area contributed by atoms with Crippen LogP contribution < -0.4 is 4.48 Å². The summed E-state index contributed by atoms with van der Waals surface area (Å²) in [6.45, 7) is 0. The van der Waals surface area contributed by atoms with Gasteiger partial charge in [-0.05, 0) is 12.1 Å². The highest BCUT2D eigenvalue weighted by Crippen LogP contribution is 2.14. The van der Waals surface area contributed by atoms with Gasteiger partial charge in [0.25, 0.3) is 0 Å². The van der Waals surface area contributed by atoms with Gasteiger partial charge in [-0.25, -0.2) is 0 Å². The lowest BCUT2D eigenvalue weighted by Gasteiger charge is -2.22. The van der Waals surface area contributed by atoms with E-state index in [4.69, 9.17) is 0 Å². The quantitative estimate of drug-likeness (QED) is 0.542. The van der Waals surface area contributed by atoms with Gasteiger partial charge < -0.3 is 5.48 Å². The smallest absolute Gasteiger partial charge is 0.132 e. The molecule has 0 spiro atoms. The highest BCUT2D eigenvalue weighted by Gasteiger charge is 2.08. The third kappa shape index (κ3) is 2.70. The van der Waals surface area contributed by atoms with Gasteiger partial charge in [-0.1, -0.05) is 18.2 Å². The zero-order valence-corrected chi connectivity index (χ0v) is 7.33. The summed E-state index contributed by atoms with van der Waals surface area (Å²) in [4.78, 5) is 0. The number of quaternary nitrogens is 1. The standard InChI is InChI=1S/C9H14N.H2O/c1-10(2,3)9-7-5-4-6-8-9;/h4-8H,1-3H3;1H2/q+1;. The molecule has 0 heterocycles. The minimum absolute atomic E-state index is 0.